The van der Waals surface area contributed by atoms with Crippen molar-refractivity contribution >= 4 is 0 Å². The molecule has 0 radical (unpaired) electrons. The van der Waals surface area contributed by atoms with E-state index < -0.39 is 0 Å². The van der Waals surface area contributed by atoms with Crippen LogP contribution in [0.25, 0.3) is 0 Å². The van der Waals surface area contributed by atoms with Gasteiger partial charge in [0.25, 0.3) is 0 Å². The maximum Gasteiger partial charge on any atom is 0.120 e. The van der Waals surface area contributed by atoms with Crippen molar-refractivity contribution in [2.45, 2.75) is 60.5 Å². The molecule has 1 aromatic heterocycles. The summed E-state index contributed by atoms with van der Waals surface area (Å²) in [7, 11) is 0. The number of hydrogen-bond acceptors (Lipinski definition) is 3. The fourth-order valence-corrected chi connectivity index (χ4v) is 3.13. The highest BCUT2D eigenvalue weighted by Crippen LogP contribution is 2.34. The third-order valence-corrected chi connectivity index (χ3v) is 4.66. The summed E-state index contributed by atoms with van der Waals surface area (Å²) < 4.78 is 6.04. The first kappa shape index (κ1) is 16.6. The van der Waals surface area contributed by atoms with Crippen molar-refractivity contribution < 1.29 is 4.42 Å². The summed E-state index contributed by atoms with van der Waals surface area (Å²) in [6.45, 7) is 16.7. The Morgan fingerprint density at radius 3 is 2.76 bits per heavy atom. The number of rotatable bonds is 6. The maximum absolute atomic E-state index is 6.04. The van der Waals surface area contributed by atoms with E-state index in [1.54, 1.807) is 0 Å². The van der Waals surface area contributed by atoms with Gasteiger partial charge in [-0.1, -0.05) is 27.7 Å². The van der Waals surface area contributed by atoms with Gasteiger partial charge in [-0.3, -0.25) is 4.90 Å². The van der Waals surface area contributed by atoms with E-state index in [-0.39, 0.29) is 0 Å². The number of nitrogens with zero attached hydrogens (tertiary/aromatic N) is 1. The van der Waals surface area contributed by atoms with Crippen LogP contribution >= 0.6 is 0 Å². The van der Waals surface area contributed by atoms with Gasteiger partial charge in [0, 0.05) is 6.54 Å². The molecule has 0 bridgehead atoms. The van der Waals surface area contributed by atoms with E-state index >= 15 is 0 Å². The molecule has 21 heavy (non-hydrogen) atoms. The lowest BCUT2D eigenvalue weighted by Crippen LogP contribution is -2.25. The topological polar surface area (TPSA) is 28.4 Å². The van der Waals surface area contributed by atoms with Gasteiger partial charge in [-0.2, -0.15) is 0 Å². The van der Waals surface area contributed by atoms with Gasteiger partial charge in [0.15, 0.2) is 0 Å². The van der Waals surface area contributed by atoms with Gasteiger partial charge in [0.05, 0.1) is 13.1 Å². The molecule has 3 nitrogen and oxygen atoms in total. The first-order valence-electron chi connectivity index (χ1n) is 8.41. The average molecular weight is 292 g/mol. The Morgan fingerprint density at radius 2 is 2.14 bits per heavy atom. The number of aryl methyl sites for hydroxylation is 1. The molecule has 1 aliphatic heterocycles. The van der Waals surface area contributed by atoms with Crippen LogP contribution in [0.4, 0.5) is 0 Å². The molecule has 0 spiro atoms. The molecule has 2 rings (SSSR count). The predicted molar refractivity (Wildman–Crippen MR) is 88.3 cm³/mol. The summed E-state index contributed by atoms with van der Waals surface area (Å²) in [6, 6.07) is 2.22. The van der Waals surface area contributed by atoms with Crippen LogP contribution in [0.1, 0.15) is 57.6 Å². The van der Waals surface area contributed by atoms with E-state index in [9.17, 15) is 0 Å². The smallest absolute Gasteiger partial charge is 0.120 e. The maximum atomic E-state index is 6.04. The highest BCUT2D eigenvalue weighted by atomic mass is 16.3. The van der Waals surface area contributed by atoms with Crippen LogP contribution in [0.3, 0.4) is 0 Å². The van der Waals surface area contributed by atoms with Crippen LogP contribution in [0.2, 0.25) is 0 Å². The highest BCUT2D eigenvalue weighted by Gasteiger charge is 2.31. The number of likely N-dealkylation sites (tertiary alicyclic amines) is 1. The molecule has 1 N–H and O–H groups in total. The summed E-state index contributed by atoms with van der Waals surface area (Å²) in [6.07, 6.45) is 2.47. The Labute approximate surface area is 130 Å². The zero-order valence-corrected chi connectivity index (χ0v) is 14.5. The fraction of sp³-hybridized carbons (Fsp3) is 0.778. The van der Waals surface area contributed by atoms with Crippen molar-refractivity contribution in [2.24, 2.45) is 11.3 Å². The molecule has 120 valence electrons. The number of nitrogens with one attached hydrogen (secondary N) is 1. The molecular weight excluding hydrogens is 260 g/mol. The van der Waals surface area contributed by atoms with Crippen LogP contribution < -0.4 is 5.32 Å². The van der Waals surface area contributed by atoms with E-state index in [0.29, 0.717) is 5.41 Å². The zero-order chi connectivity index (χ0) is 15.5. The summed E-state index contributed by atoms with van der Waals surface area (Å²) >= 11 is 0. The van der Waals surface area contributed by atoms with Crippen LogP contribution in [0.5, 0.6) is 0 Å². The summed E-state index contributed by atoms with van der Waals surface area (Å²) in [5.74, 6) is 3.03. The molecule has 2 heterocycles. The Kier molecular flexibility index (Phi) is 5.50. The van der Waals surface area contributed by atoms with Crippen molar-refractivity contribution in [3.8, 4) is 0 Å². The number of furan rings is 1. The molecule has 1 aromatic rings. The van der Waals surface area contributed by atoms with Gasteiger partial charge in [-0.05, 0) is 55.8 Å². The monoisotopic (exact) mass is 292 g/mol. The molecule has 1 aliphatic rings. The Bertz CT molecular complexity index is 445. The van der Waals surface area contributed by atoms with Crippen molar-refractivity contribution in [3.63, 3.8) is 0 Å². The standard InChI is InChI=1S/C18H32N2O/c1-6-8-19-11-17-14(2)10-16(21-17)13-20-9-7-15(12-20)18(3,4)5/h10,15,19H,6-9,11-13H2,1-5H3. The van der Waals surface area contributed by atoms with Gasteiger partial charge in [-0.25, -0.2) is 0 Å². The van der Waals surface area contributed by atoms with Crippen molar-refractivity contribution in [3.05, 3.63) is 23.2 Å². The van der Waals surface area contributed by atoms with Crippen LogP contribution in [-0.2, 0) is 13.1 Å². The van der Waals surface area contributed by atoms with Crippen LogP contribution in [0, 0.1) is 18.3 Å². The molecule has 0 aliphatic carbocycles. The normalized spacial score (nSPS) is 20.3. The first-order chi connectivity index (χ1) is 9.90. The van der Waals surface area contributed by atoms with Gasteiger partial charge in [0.1, 0.15) is 11.5 Å². The molecule has 1 atom stereocenters. The van der Waals surface area contributed by atoms with E-state index in [4.69, 9.17) is 4.42 Å². The first-order valence-corrected chi connectivity index (χ1v) is 8.41. The quantitative estimate of drug-likeness (QED) is 0.805. The molecule has 0 amide bonds. The third kappa shape index (κ3) is 4.58. The van der Waals surface area contributed by atoms with E-state index in [0.717, 1.165) is 43.5 Å². The van der Waals surface area contributed by atoms with Crippen LogP contribution in [0.15, 0.2) is 10.5 Å². The largest absolute Gasteiger partial charge is 0.463 e. The summed E-state index contributed by atoms with van der Waals surface area (Å²) in [4.78, 5) is 2.54. The second kappa shape index (κ2) is 6.97. The second-order valence-electron chi connectivity index (χ2n) is 7.58. The molecule has 3 heteroatoms. The lowest BCUT2D eigenvalue weighted by atomic mass is 9.80. The lowest BCUT2D eigenvalue weighted by molar-refractivity contribution is 0.218. The van der Waals surface area contributed by atoms with Gasteiger partial charge >= 0.3 is 0 Å². The summed E-state index contributed by atoms with van der Waals surface area (Å²) in [5.41, 5.74) is 1.70. The van der Waals surface area contributed by atoms with Crippen molar-refractivity contribution in [2.75, 3.05) is 19.6 Å². The zero-order valence-electron chi connectivity index (χ0n) is 14.5. The Balaban J connectivity index is 1.88. The molecule has 0 aromatic carbocycles. The van der Waals surface area contributed by atoms with E-state index in [1.807, 2.05) is 0 Å². The van der Waals surface area contributed by atoms with Gasteiger partial charge < -0.3 is 9.73 Å². The highest BCUT2D eigenvalue weighted by molar-refractivity contribution is 5.20. The molecule has 1 unspecified atom stereocenters. The SMILES string of the molecule is CCCNCc1oc(CN2CCC(C(C)(C)C)C2)cc1C. The minimum Gasteiger partial charge on any atom is -0.463 e. The third-order valence-electron chi connectivity index (χ3n) is 4.66. The minimum atomic E-state index is 0.420. The number of hydrogen-bond donors (Lipinski definition) is 1. The molecule has 0 saturated carbocycles. The van der Waals surface area contributed by atoms with Gasteiger partial charge in [0.2, 0.25) is 0 Å². The second-order valence-corrected chi connectivity index (χ2v) is 7.58. The minimum absolute atomic E-state index is 0.420. The Hall–Kier alpha value is -0.800. The predicted octanol–water partition coefficient (Wildman–Crippen LogP) is 3.96. The van der Waals surface area contributed by atoms with Crippen molar-refractivity contribution in [1.29, 1.82) is 0 Å². The summed E-state index contributed by atoms with van der Waals surface area (Å²) in [5, 5.41) is 3.42. The Morgan fingerprint density at radius 1 is 1.38 bits per heavy atom. The van der Waals surface area contributed by atoms with E-state index in [1.165, 1.54) is 25.1 Å². The van der Waals surface area contributed by atoms with E-state index in [2.05, 4.69) is 50.9 Å². The molecular formula is C18H32N2O. The molecule has 1 saturated heterocycles. The van der Waals surface area contributed by atoms with Gasteiger partial charge in [-0.15, -0.1) is 0 Å². The lowest BCUT2D eigenvalue weighted by Gasteiger charge is -2.26. The fourth-order valence-electron chi connectivity index (χ4n) is 3.13. The van der Waals surface area contributed by atoms with Crippen LogP contribution in [-0.4, -0.2) is 24.5 Å². The van der Waals surface area contributed by atoms with Crippen molar-refractivity contribution in [1.82, 2.24) is 10.2 Å². The average Bonchev–Trinajstić information content (AvgIpc) is 2.97. The molecule has 1 fully saturated rings.